The van der Waals surface area contributed by atoms with Gasteiger partial charge >= 0.3 is 6.36 Å². The monoisotopic (exact) mass is 484 g/mol. The summed E-state index contributed by atoms with van der Waals surface area (Å²) in [7, 11) is -3.40. The molecule has 0 heterocycles. The van der Waals surface area contributed by atoms with Gasteiger partial charge in [-0.25, -0.2) is 8.42 Å². The van der Waals surface area contributed by atoms with Crippen molar-refractivity contribution in [1.82, 2.24) is 5.32 Å². The highest BCUT2D eigenvalue weighted by Crippen LogP contribution is 2.54. The molecule has 1 saturated carbocycles. The second kappa shape index (κ2) is 8.89. The van der Waals surface area contributed by atoms with Gasteiger partial charge in [0.1, 0.15) is 5.75 Å². The van der Waals surface area contributed by atoms with Gasteiger partial charge in [0, 0.05) is 11.3 Å². The van der Waals surface area contributed by atoms with Crippen molar-refractivity contribution >= 4 is 21.6 Å². The van der Waals surface area contributed by atoms with Crippen molar-refractivity contribution in [3.8, 4) is 5.75 Å². The molecule has 6 nitrogen and oxygen atoms in total. The molecule has 180 valence electrons. The maximum absolute atomic E-state index is 12.9. The van der Waals surface area contributed by atoms with Crippen LogP contribution in [0.4, 0.5) is 18.9 Å². The molecule has 0 aromatic heterocycles. The van der Waals surface area contributed by atoms with Crippen molar-refractivity contribution in [2.24, 2.45) is 5.92 Å². The van der Waals surface area contributed by atoms with E-state index < -0.39 is 21.8 Å². The van der Waals surface area contributed by atoms with E-state index in [2.05, 4.69) is 14.8 Å². The zero-order valence-electron chi connectivity index (χ0n) is 18.8. The lowest BCUT2D eigenvalue weighted by atomic mass is 9.95. The predicted molar refractivity (Wildman–Crippen MR) is 119 cm³/mol. The van der Waals surface area contributed by atoms with Crippen molar-refractivity contribution in [1.29, 1.82) is 0 Å². The van der Waals surface area contributed by atoms with Gasteiger partial charge in [-0.2, -0.15) is 0 Å². The lowest BCUT2D eigenvalue weighted by Gasteiger charge is -2.19. The van der Waals surface area contributed by atoms with Gasteiger partial charge in [-0.3, -0.25) is 9.52 Å². The zero-order chi connectivity index (χ0) is 24.6. The average molecular weight is 485 g/mol. The summed E-state index contributed by atoms with van der Waals surface area (Å²) in [5.41, 5.74) is 2.48. The van der Waals surface area contributed by atoms with Crippen molar-refractivity contribution in [2.75, 3.05) is 11.0 Å². The maximum atomic E-state index is 12.9. The number of halogens is 3. The summed E-state index contributed by atoms with van der Waals surface area (Å²) in [6.45, 7) is 5.66. The van der Waals surface area contributed by atoms with Crippen LogP contribution in [0, 0.1) is 5.92 Å². The Kier molecular flexibility index (Phi) is 6.70. The molecule has 1 amide bonds. The van der Waals surface area contributed by atoms with Crippen molar-refractivity contribution in [2.45, 2.75) is 51.4 Å². The number of benzene rings is 2. The molecular formula is C23H27F3N2O4S. The Labute approximate surface area is 191 Å². The number of carbonyl (C=O) groups is 1. The summed E-state index contributed by atoms with van der Waals surface area (Å²) < 4.78 is 66.6. The number of hydrogen-bond acceptors (Lipinski definition) is 4. The Morgan fingerprint density at radius 2 is 1.85 bits per heavy atom. The van der Waals surface area contributed by atoms with E-state index in [1.165, 1.54) is 12.1 Å². The van der Waals surface area contributed by atoms with Crippen LogP contribution in [0.25, 0.3) is 0 Å². The highest BCUT2D eigenvalue weighted by molar-refractivity contribution is 7.92. The fourth-order valence-corrected chi connectivity index (χ4v) is 4.57. The molecule has 3 rings (SSSR count). The number of nitrogens with one attached hydrogen (secondary N) is 2. The fraction of sp³-hybridized carbons (Fsp3) is 0.435. The molecule has 1 fully saturated rings. The Hall–Kier alpha value is -2.75. The Morgan fingerprint density at radius 3 is 2.39 bits per heavy atom. The van der Waals surface area contributed by atoms with E-state index >= 15 is 0 Å². The van der Waals surface area contributed by atoms with Gasteiger partial charge in [0.25, 0.3) is 0 Å². The number of aryl methyl sites for hydroxylation is 1. The van der Waals surface area contributed by atoms with E-state index in [1.54, 1.807) is 24.3 Å². The molecule has 2 unspecified atom stereocenters. The quantitative estimate of drug-likeness (QED) is 0.570. The third-order valence-electron chi connectivity index (χ3n) is 5.97. The molecule has 33 heavy (non-hydrogen) atoms. The highest BCUT2D eigenvalue weighted by Gasteiger charge is 2.55. The average Bonchev–Trinajstić information content (AvgIpc) is 3.39. The first-order valence-corrected chi connectivity index (χ1v) is 12.4. The molecule has 0 aliphatic heterocycles. The van der Waals surface area contributed by atoms with Crippen molar-refractivity contribution < 1.29 is 31.1 Å². The van der Waals surface area contributed by atoms with Crippen LogP contribution >= 0.6 is 0 Å². The van der Waals surface area contributed by atoms with Crippen LogP contribution in [0.15, 0.2) is 42.5 Å². The van der Waals surface area contributed by atoms with Gasteiger partial charge in [0.2, 0.25) is 15.9 Å². The standard InChI is InChI=1S/C23H27F3N2O4S/c1-5-15-12-16(6-11-20(15)28-33(4,30)31)14(2)27-21(29)19-13-22(19,3)17-7-9-18(10-8-17)32-23(24,25)26/h6-12,14,19,28H,5,13H2,1-4H3,(H,27,29)/t14-,19?,22?/m1/s1. The smallest absolute Gasteiger partial charge is 0.406 e. The van der Waals surface area contributed by atoms with Gasteiger partial charge in [0.15, 0.2) is 0 Å². The third-order valence-corrected chi connectivity index (χ3v) is 6.56. The molecule has 2 aromatic carbocycles. The van der Waals surface area contributed by atoms with E-state index in [-0.39, 0.29) is 23.6 Å². The zero-order valence-corrected chi connectivity index (χ0v) is 19.6. The maximum Gasteiger partial charge on any atom is 0.573 e. The van der Waals surface area contributed by atoms with Gasteiger partial charge in [0.05, 0.1) is 18.0 Å². The van der Waals surface area contributed by atoms with Crippen LogP contribution < -0.4 is 14.8 Å². The summed E-state index contributed by atoms with van der Waals surface area (Å²) in [6.07, 6.45) is -2.46. The lowest BCUT2D eigenvalue weighted by molar-refractivity contribution is -0.274. The molecule has 1 aliphatic carbocycles. The number of alkyl halides is 3. The van der Waals surface area contributed by atoms with Crippen LogP contribution in [-0.4, -0.2) is 26.9 Å². The van der Waals surface area contributed by atoms with E-state index in [9.17, 15) is 26.4 Å². The Morgan fingerprint density at radius 1 is 1.21 bits per heavy atom. The topological polar surface area (TPSA) is 84.5 Å². The van der Waals surface area contributed by atoms with Gasteiger partial charge in [-0.1, -0.05) is 38.1 Å². The summed E-state index contributed by atoms with van der Waals surface area (Å²) in [6, 6.07) is 10.6. The summed E-state index contributed by atoms with van der Waals surface area (Å²) in [5.74, 6) is -0.742. The summed E-state index contributed by atoms with van der Waals surface area (Å²) in [5, 5.41) is 2.99. The lowest BCUT2D eigenvalue weighted by Crippen LogP contribution is -2.30. The number of carbonyl (C=O) groups excluding carboxylic acids is 1. The first kappa shape index (κ1) is 24.9. The van der Waals surface area contributed by atoms with Crippen LogP contribution in [0.3, 0.4) is 0 Å². The molecule has 2 N–H and O–H groups in total. The number of ether oxygens (including phenoxy) is 1. The van der Waals surface area contributed by atoms with E-state index in [1.807, 2.05) is 26.8 Å². The van der Waals surface area contributed by atoms with Crippen LogP contribution in [0.1, 0.15) is 49.9 Å². The SMILES string of the molecule is CCc1cc([C@@H](C)NC(=O)C2CC2(C)c2ccc(OC(F)(F)F)cc2)ccc1NS(C)(=O)=O. The van der Waals surface area contributed by atoms with Crippen molar-refractivity contribution in [3.63, 3.8) is 0 Å². The van der Waals surface area contributed by atoms with Gasteiger partial charge in [-0.15, -0.1) is 13.2 Å². The molecule has 2 aromatic rings. The largest absolute Gasteiger partial charge is 0.573 e. The first-order valence-electron chi connectivity index (χ1n) is 10.5. The summed E-state index contributed by atoms with van der Waals surface area (Å²) in [4.78, 5) is 12.9. The van der Waals surface area contributed by atoms with E-state index in [0.717, 1.165) is 22.9 Å². The van der Waals surface area contributed by atoms with Crippen LogP contribution in [0.5, 0.6) is 5.75 Å². The predicted octanol–water partition coefficient (Wildman–Crippen LogP) is 4.67. The fourth-order valence-electron chi connectivity index (χ4n) is 3.98. The normalized spacial score (nSPS) is 21.2. The number of amides is 1. The van der Waals surface area contributed by atoms with E-state index in [4.69, 9.17) is 0 Å². The second-order valence-corrected chi connectivity index (χ2v) is 10.4. The van der Waals surface area contributed by atoms with Gasteiger partial charge < -0.3 is 10.1 Å². The van der Waals surface area contributed by atoms with Crippen molar-refractivity contribution in [3.05, 3.63) is 59.2 Å². The molecule has 3 atom stereocenters. The molecular weight excluding hydrogens is 457 g/mol. The number of hydrogen-bond donors (Lipinski definition) is 2. The minimum atomic E-state index is -4.75. The first-order chi connectivity index (χ1) is 15.2. The molecule has 0 radical (unpaired) electrons. The third kappa shape index (κ3) is 6.19. The van der Waals surface area contributed by atoms with Gasteiger partial charge in [-0.05, 0) is 54.7 Å². The summed E-state index contributed by atoms with van der Waals surface area (Å²) >= 11 is 0. The molecule has 0 spiro atoms. The minimum Gasteiger partial charge on any atom is -0.406 e. The molecule has 10 heteroatoms. The Bertz CT molecular complexity index is 1130. The number of rotatable bonds is 8. The van der Waals surface area contributed by atoms with Crippen LogP contribution in [-0.2, 0) is 26.7 Å². The van der Waals surface area contributed by atoms with Crippen LogP contribution in [0.2, 0.25) is 0 Å². The van der Waals surface area contributed by atoms with E-state index in [0.29, 0.717) is 18.5 Å². The number of sulfonamides is 1. The Balaban J connectivity index is 1.66. The molecule has 0 bridgehead atoms. The molecule has 0 saturated heterocycles. The molecule has 1 aliphatic rings. The highest BCUT2D eigenvalue weighted by atomic mass is 32.2. The minimum absolute atomic E-state index is 0.142. The number of anilines is 1. The second-order valence-electron chi connectivity index (χ2n) is 8.62.